The highest BCUT2D eigenvalue weighted by Gasteiger charge is 2.13. The van der Waals surface area contributed by atoms with Crippen LogP contribution in [0.15, 0.2) is 42.6 Å². The minimum absolute atomic E-state index is 0.558. The number of rotatable bonds is 10. The third-order valence-corrected chi connectivity index (χ3v) is 5.24. The summed E-state index contributed by atoms with van der Waals surface area (Å²) >= 11 is 0. The molecule has 0 bridgehead atoms. The Balaban J connectivity index is 1.53. The molecule has 1 aromatic carbocycles. The summed E-state index contributed by atoms with van der Waals surface area (Å²) in [5, 5.41) is 18.9. The van der Waals surface area contributed by atoms with Crippen molar-refractivity contribution in [3.8, 4) is 22.6 Å². The fourth-order valence-electron chi connectivity index (χ4n) is 3.65. The number of hydrogen-bond donors (Lipinski definition) is 1. The Labute approximate surface area is 182 Å². The average Bonchev–Trinajstić information content (AvgIpc) is 3.46. The summed E-state index contributed by atoms with van der Waals surface area (Å²) in [6.45, 7) is 5.12. The smallest absolute Gasteiger partial charge is 0.198 e. The van der Waals surface area contributed by atoms with Crippen LogP contribution in [-0.2, 0) is 19.4 Å². The lowest BCUT2D eigenvalue weighted by atomic mass is 10.0. The molecule has 3 heterocycles. The lowest BCUT2D eigenvalue weighted by Crippen LogP contribution is -2.07. The van der Waals surface area contributed by atoms with Gasteiger partial charge < -0.3 is 0 Å². The third kappa shape index (κ3) is 5.02. The molecule has 0 saturated carbocycles. The van der Waals surface area contributed by atoms with Crippen molar-refractivity contribution in [1.82, 2.24) is 40.4 Å². The number of aromatic amines is 1. The van der Waals surface area contributed by atoms with E-state index in [1.54, 1.807) is 6.20 Å². The Morgan fingerprint density at radius 1 is 0.968 bits per heavy atom. The molecule has 0 unspecified atom stereocenters. The quantitative estimate of drug-likeness (QED) is 0.388. The molecule has 0 aliphatic rings. The Kier molecular flexibility index (Phi) is 6.76. The Hall–Kier alpha value is -3.42. The zero-order chi connectivity index (χ0) is 21.5. The number of H-pyrrole nitrogens is 1. The molecule has 0 spiro atoms. The van der Waals surface area contributed by atoms with Crippen LogP contribution < -0.4 is 0 Å². The van der Waals surface area contributed by atoms with Gasteiger partial charge in [-0.15, -0.1) is 5.10 Å². The molecule has 31 heavy (non-hydrogen) atoms. The maximum Gasteiger partial charge on any atom is 0.198 e. The molecular weight excluding hydrogens is 388 g/mol. The average molecular weight is 417 g/mol. The van der Waals surface area contributed by atoms with E-state index in [2.05, 4.69) is 68.4 Å². The monoisotopic (exact) mass is 416 g/mol. The number of hydrogen-bond acceptors (Lipinski definition) is 6. The molecule has 0 aliphatic carbocycles. The van der Waals surface area contributed by atoms with Gasteiger partial charge in [-0.2, -0.15) is 5.10 Å². The standard InChI is InChI=1S/C23H28N8/c1-3-5-6-10-20-25-21(8-4-2)31(28-20)16-17-11-13-18(14-12-17)19-9-7-15-24-22(19)23-26-29-30-27-23/h7,9,11-15H,3-6,8,10,16H2,1-2H3,(H,26,27,29,30). The summed E-state index contributed by atoms with van der Waals surface area (Å²) in [4.78, 5) is 9.25. The van der Waals surface area contributed by atoms with Gasteiger partial charge in [0.2, 0.25) is 0 Å². The van der Waals surface area contributed by atoms with Gasteiger partial charge >= 0.3 is 0 Å². The molecule has 0 radical (unpaired) electrons. The second kappa shape index (κ2) is 10.1. The summed E-state index contributed by atoms with van der Waals surface area (Å²) in [5.74, 6) is 2.60. The molecular formula is C23H28N8. The maximum atomic E-state index is 4.79. The van der Waals surface area contributed by atoms with E-state index >= 15 is 0 Å². The first kappa shape index (κ1) is 20.8. The topological polar surface area (TPSA) is 98.1 Å². The minimum Gasteiger partial charge on any atom is -0.252 e. The van der Waals surface area contributed by atoms with Crippen LogP contribution in [0.4, 0.5) is 0 Å². The van der Waals surface area contributed by atoms with E-state index in [1.807, 2.05) is 12.1 Å². The van der Waals surface area contributed by atoms with Gasteiger partial charge in [0.05, 0.1) is 6.54 Å². The predicted octanol–water partition coefficient (Wildman–Crippen LogP) is 4.25. The first-order valence-electron chi connectivity index (χ1n) is 11.0. The molecule has 0 saturated heterocycles. The van der Waals surface area contributed by atoms with Gasteiger partial charge in [-0.25, -0.2) is 14.8 Å². The molecule has 8 heteroatoms. The molecule has 3 aromatic heterocycles. The number of pyridine rings is 1. The van der Waals surface area contributed by atoms with E-state index < -0.39 is 0 Å². The molecule has 0 atom stereocenters. The van der Waals surface area contributed by atoms with Gasteiger partial charge in [0.15, 0.2) is 11.6 Å². The highest BCUT2D eigenvalue weighted by Crippen LogP contribution is 2.28. The summed E-state index contributed by atoms with van der Waals surface area (Å²) in [7, 11) is 0. The molecule has 0 fully saturated rings. The van der Waals surface area contributed by atoms with Crippen LogP contribution in [-0.4, -0.2) is 40.4 Å². The van der Waals surface area contributed by atoms with Crippen molar-refractivity contribution in [3.05, 3.63) is 59.8 Å². The molecule has 4 rings (SSSR count). The van der Waals surface area contributed by atoms with Gasteiger partial charge in [-0.3, -0.25) is 4.98 Å². The molecule has 4 aromatic rings. The Morgan fingerprint density at radius 3 is 2.58 bits per heavy atom. The van der Waals surface area contributed by atoms with Crippen molar-refractivity contribution in [3.63, 3.8) is 0 Å². The first-order valence-corrected chi connectivity index (χ1v) is 11.0. The van der Waals surface area contributed by atoms with E-state index in [9.17, 15) is 0 Å². The third-order valence-electron chi connectivity index (χ3n) is 5.24. The number of aryl methyl sites for hydroxylation is 2. The lowest BCUT2D eigenvalue weighted by molar-refractivity contribution is 0.618. The predicted molar refractivity (Wildman–Crippen MR) is 119 cm³/mol. The largest absolute Gasteiger partial charge is 0.252 e. The number of benzene rings is 1. The van der Waals surface area contributed by atoms with Gasteiger partial charge in [-0.1, -0.05) is 57.0 Å². The van der Waals surface area contributed by atoms with Crippen LogP contribution >= 0.6 is 0 Å². The molecule has 160 valence electrons. The minimum atomic E-state index is 0.558. The highest BCUT2D eigenvalue weighted by molar-refractivity contribution is 5.77. The Morgan fingerprint density at radius 2 is 1.84 bits per heavy atom. The molecule has 0 amide bonds. The van der Waals surface area contributed by atoms with E-state index in [0.717, 1.165) is 60.7 Å². The fraction of sp³-hybridized carbons (Fsp3) is 0.391. The van der Waals surface area contributed by atoms with Gasteiger partial charge in [-0.05, 0) is 40.5 Å². The zero-order valence-electron chi connectivity index (χ0n) is 18.1. The van der Waals surface area contributed by atoms with E-state index in [0.29, 0.717) is 5.82 Å². The van der Waals surface area contributed by atoms with Crippen LogP contribution in [0, 0.1) is 0 Å². The highest BCUT2D eigenvalue weighted by atomic mass is 15.5. The van der Waals surface area contributed by atoms with E-state index in [4.69, 9.17) is 10.1 Å². The summed E-state index contributed by atoms with van der Waals surface area (Å²) in [6.07, 6.45) is 8.29. The Bertz CT molecular complexity index is 1080. The van der Waals surface area contributed by atoms with E-state index in [-0.39, 0.29) is 0 Å². The maximum absolute atomic E-state index is 4.79. The summed E-state index contributed by atoms with van der Waals surface area (Å²) < 4.78 is 2.06. The van der Waals surface area contributed by atoms with Crippen LogP contribution in [0.3, 0.4) is 0 Å². The number of nitrogens with zero attached hydrogens (tertiary/aromatic N) is 7. The van der Waals surface area contributed by atoms with Crippen LogP contribution in [0.1, 0.15) is 56.7 Å². The number of nitrogens with one attached hydrogen (secondary N) is 1. The van der Waals surface area contributed by atoms with Crippen molar-refractivity contribution < 1.29 is 0 Å². The second-order valence-corrected chi connectivity index (χ2v) is 7.66. The lowest BCUT2D eigenvalue weighted by Gasteiger charge is -2.09. The van der Waals surface area contributed by atoms with Crippen molar-refractivity contribution in [1.29, 1.82) is 0 Å². The zero-order valence-corrected chi connectivity index (χ0v) is 18.1. The summed E-state index contributed by atoms with van der Waals surface area (Å²) in [5.41, 5.74) is 3.98. The van der Waals surface area contributed by atoms with Crippen molar-refractivity contribution >= 4 is 0 Å². The van der Waals surface area contributed by atoms with Gasteiger partial charge in [0.1, 0.15) is 11.5 Å². The van der Waals surface area contributed by atoms with Crippen LogP contribution in [0.25, 0.3) is 22.6 Å². The van der Waals surface area contributed by atoms with Crippen molar-refractivity contribution in [2.45, 2.75) is 58.9 Å². The molecule has 8 nitrogen and oxygen atoms in total. The number of tetrazole rings is 1. The molecule has 1 N–H and O–H groups in total. The number of aromatic nitrogens is 8. The molecule has 0 aliphatic heterocycles. The second-order valence-electron chi connectivity index (χ2n) is 7.66. The van der Waals surface area contributed by atoms with Crippen LogP contribution in [0.2, 0.25) is 0 Å². The number of unbranched alkanes of at least 4 members (excludes halogenated alkanes) is 2. The van der Waals surface area contributed by atoms with Gasteiger partial charge in [0, 0.05) is 24.6 Å². The van der Waals surface area contributed by atoms with Crippen molar-refractivity contribution in [2.24, 2.45) is 0 Å². The normalized spacial score (nSPS) is 11.2. The first-order chi connectivity index (χ1) is 15.3. The van der Waals surface area contributed by atoms with E-state index in [1.165, 1.54) is 18.4 Å². The summed E-state index contributed by atoms with van der Waals surface area (Å²) in [6, 6.07) is 12.4. The SMILES string of the molecule is CCCCCc1nc(CCC)n(Cc2ccc(-c3cccnc3-c3nnn[nH]3)cc2)n1. The fourth-order valence-corrected chi connectivity index (χ4v) is 3.65. The van der Waals surface area contributed by atoms with Gasteiger partial charge in [0.25, 0.3) is 0 Å². The van der Waals surface area contributed by atoms with Crippen molar-refractivity contribution in [2.75, 3.05) is 0 Å². The van der Waals surface area contributed by atoms with Crippen LogP contribution in [0.5, 0.6) is 0 Å².